The maximum absolute atomic E-state index is 12.7. The van der Waals surface area contributed by atoms with E-state index in [1.165, 1.54) is 0 Å². The van der Waals surface area contributed by atoms with E-state index in [1.807, 2.05) is 19.9 Å². The lowest BCUT2D eigenvalue weighted by atomic mass is 10.1. The van der Waals surface area contributed by atoms with Crippen LogP contribution >= 0.6 is 11.6 Å². The zero-order valence-electron chi connectivity index (χ0n) is 13.4. The molecule has 1 aromatic carbocycles. The number of carbonyl (C=O) groups is 1. The number of carbonyl (C=O) groups excluding carboxylic acids is 1. The van der Waals surface area contributed by atoms with Gasteiger partial charge < -0.3 is 9.88 Å². The molecule has 1 aliphatic carbocycles. The third kappa shape index (κ3) is 3.04. The molecule has 5 heteroatoms. The van der Waals surface area contributed by atoms with Gasteiger partial charge in [-0.15, -0.1) is 0 Å². The number of aromatic nitrogens is 1. The summed E-state index contributed by atoms with van der Waals surface area (Å²) in [7, 11) is 0. The molecular formula is C18H19ClN2O2. The number of amides is 1. The van der Waals surface area contributed by atoms with Crippen molar-refractivity contribution in [3.8, 4) is 0 Å². The highest BCUT2D eigenvalue weighted by Gasteiger charge is 2.28. The molecule has 0 unspecified atom stereocenters. The minimum absolute atomic E-state index is 0.200. The molecule has 0 saturated heterocycles. The molecular weight excluding hydrogens is 312 g/mol. The van der Waals surface area contributed by atoms with E-state index in [1.54, 1.807) is 29.7 Å². The van der Waals surface area contributed by atoms with Gasteiger partial charge in [0.15, 0.2) is 0 Å². The van der Waals surface area contributed by atoms with Gasteiger partial charge in [-0.2, -0.15) is 0 Å². The summed E-state index contributed by atoms with van der Waals surface area (Å²) in [6.07, 6.45) is 2.00. The van der Waals surface area contributed by atoms with Crippen molar-refractivity contribution in [2.45, 2.75) is 39.7 Å². The summed E-state index contributed by atoms with van der Waals surface area (Å²) in [5.74, 6) is -0.368. The van der Waals surface area contributed by atoms with Crippen LogP contribution in [0.25, 0.3) is 0 Å². The van der Waals surface area contributed by atoms with Crippen LogP contribution < -0.4 is 10.9 Å². The normalized spacial score (nSPS) is 13.9. The predicted molar refractivity (Wildman–Crippen MR) is 92.6 cm³/mol. The van der Waals surface area contributed by atoms with Crippen molar-refractivity contribution in [1.29, 1.82) is 0 Å². The van der Waals surface area contributed by atoms with E-state index in [9.17, 15) is 9.59 Å². The number of hydrogen-bond donors (Lipinski definition) is 1. The Kier molecular flexibility index (Phi) is 4.02. The fourth-order valence-corrected chi connectivity index (χ4v) is 3.15. The van der Waals surface area contributed by atoms with Crippen molar-refractivity contribution in [2.75, 3.05) is 5.32 Å². The Bertz CT molecular complexity index is 851. The molecule has 1 aliphatic rings. The second kappa shape index (κ2) is 5.85. The molecule has 2 aromatic rings. The van der Waals surface area contributed by atoms with Crippen molar-refractivity contribution in [2.24, 2.45) is 0 Å². The summed E-state index contributed by atoms with van der Waals surface area (Å²) in [5, 5.41) is 3.44. The molecule has 1 fully saturated rings. The van der Waals surface area contributed by atoms with Crippen LogP contribution in [0.1, 0.15) is 46.1 Å². The van der Waals surface area contributed by atoms with Crippen molar-refractivity contribution in [1.82, 2.24) is 4.57 Å². The average molecular weight is 331 g/mol. The Hall–Kier alpha value is -2.07. The van der Waals surface area contributed by atoms with E-state index < -0.39 is 0 Å². The smallest absolute Gasteiger partial charge is 0.264 e. The van der Waals surface area contributed by atoms with Gasteiger partial charge in [-0.1, -0.05) is 11.6 Å². The maximum Gasteiger partial charge on any atom is 0.264 e. The monoisotopic (exact) mass is 330 g/mol. The first kappa shape index (κ1) is 15.8. The van der Waals surface area contributed by atoms with Crippen LogP contribution in [0.15, 0.2) is 29.1 Å². The van der Waals surface area contributed by atoms with Crippen LogP contribution in [-0.2, 0) is 0 Å². The number of aryl methyl sites for hydroxylation is 3. The van der Waals surface area contributed by atoms with Crippen molar-refractivity contribution in [3.05, 3.63) is 62.0 Å². The molecule has 23 heavy (non-hydrogen) atoms. The molecule has 1 aromatic heterocycles. The molecule has 0 atom stereocenters. The maximum atomic E-state index is 12.7. The standard InChI is InChI=1S/C18H19ClN2O2/c1-10-9-13(19)4-7-15(10)20-17(22)16-11(2)8-12(3)21(18(16)23)14-5-6-14/h4,7-9,14H,5-6H2,1-3H3,(H,20,22). The molecule has 1 heterocycles. The molecule has 4 nitrogen and oxygen atoms in total. The Morgan fingerprint density at radius 1 is 1.17 bits per heavy atom. The Balaban J connectivity index is 1.99. The van der Waals surface area contributed by atoms with Crippen LogP contribution in [0.3, 0.4) is 0 Å². The molecule has 1 saturated carbocycles. The first-order valence-electron chi connectivity index (χ1n) is 7.68. The van der Waals surface area contributed by atoms with Crippen LogP contribution in [0.5, 0.6) is 0 Å². The minimum atomic E-state index is -0.368. The largest absolute Gasteiger partial charge is 0.322 e. The summed E-state index contributed by atoms with van der Waals surface area (Å²) in [4.78, 5) is 25.4. The minimum Gasteiger partial charge on any atom is -0.322 e. The number of hydrogen-bond acceptors (Lipinski definition) is 2. The molecule has 0 spiro atoms. The van der Waals surface area contributed by atoms with E-state index >= 15 is 0 Å². The quantitative estimate of drug-likeness (QED) is 0.924. The highest BCUT2D eigenvalue weighted by Crippen LogP contribution is 2.34. The number of anilines is 1. The molecule has 120 valence electrons. The summed E-state index contributed by atoms with van der Waals surface area (Å²) in [5.41, 5.74) is 3.16. The summed E-state index contributed by atoms with van der Waals surface area (Å²) in [6.45, 7) is 5.58. The third-order valence-corrected chi connectivity index (χ3v) is 4.44. The van der Waals surface area contributed by atoms with Gasteiger partial charge in [0.1, 0.15) is 5.56 Å². The van der Waals surface area contributed by atoms with E-state index in [0.717, 1.165) is 24.1 Å². The summed E-state index contributed by atoms with van der Waals surface area (Å²) in [6, 6.07) is 7.39. The molecule has 3 rings (SSSR count). The Labute approximate surface area is 140 Å². The topological polar surface area (TPSA) is 51.1 Å². The third-order valence-electron chi connectivity index (χ3n) is 4.21. The number of halogens is 1. The zero-order valence-corrected chi connectivity index (χ0v) is 14.2. The van der Waals surface area contributed by atoms with Gasteiger partial charge in [0, 0.05) is 22.4 Å². The lowest BCUT2D eigenvalue weighted by Crippen LogP contribution is -2.31. The van der Waals surface area contributed by atoms with Crippen molar-refractivity contribution in [3.63, 3.8) is 0 Å². The van der Waals surface area contributed by atoms with Gasteiger partial charge in [0.25, 0.3) is 11.5 Å². The second-order valence-electron chi connectivity index (χ2n) is 6.16. The van der Waals surface area contributed by atoms with E-state index in [2.05, 4.69) is 5.32 Å². The van der Waals surface area contributed by atoms with Gasteiger partial charge in [-0.25, -0.2) is 0 Å². The SMILES string of the molecule is Cc1cc(Cl)ccc1NC(=O)c1c(C)cc(C)n(C2CC2)c1=O. The predicted octanol–water partition coefficient (Wildman–Crippen LogP) is 4.01. The van der Waals surface area contributed by atoms with Gasteiger partial charge >= 0.3 is 0 Å². The average Bonchev–Trinajstić information content (AvgIpc) is 3.26. The van der Waals surface area contributed by atoms with E-state index in [-0.39, 0.29) is 23.1 Å². The van der Waals surface area contributed by atoms with Crippen LogP contribution in [0, 0.1) is 20.8 Å². The van der Waals surface area contributed by atoms with Gasteiger partial charge in [0.2, 0.25) is 0 Å². The highest BCUT2D eigenvalue weighted by molar-refractivity contribution is 6.30. The van der Waals surface area contributed by atoms with Crippen molar-refractivity contribution < 1.29 is 4.79 Å². The molecule has 1 N–H and O–H groups in total. The Morgan fingerprint density at radius 3 is 2.48 bits per heavy atom. The lowest BCUT2D eigenvalue weighted by Gasteiger charge is -2.14. The Morgan fingerprint density at radius 2 is 1.87 bits per heavy atom. The highest BCUT2D eigenvalue weighted by atomic mass is 35.5. The first-order chi connectivity index (χ1) is 10.9. The molecule has 0 bridgehead atoms. The van der Waals surface area contributed by atoms with E-state index in [0.29, 0.717) is 16.3 Å². The van der Waals surface area contributed by atoms with Gasteiger partial charge in [-0.3, -0.25) is 9.59 Å². The number of benzene rings is 1. The first-order valence-corrected chi connectivity index (χ1v) is 8.06. The lowest BCUT2D eigenvalue weighted by molar-refractivity contribution is 0.102. The van der Waals surface area contributed by atoms with Gasteiger partial charge in [-0.05, 0) is 69.0 Å². The van der Waals surface area contributed by atoms with Crippen LogP contribution in [0.4, 0.5) is 5.69 Å². The summed E-state index contributed by atoms with van der Waals surface area (Å²) < 4.78 is 1.75. The summed E-state index contributed by atoms with van der Waals surface area (Å²) >= 11 is 5.93. The van der Waals surface area contributed by atoms with Crippen molar-refractivity contribution >= 4 is 23.2 Å². The number of rotatable bonds is 3. The van der Waals surface area contributed by atoms with Crippen LogP contribution in [0.2, 0.25) is 5.02 Å². The number of nitrogens with one attached hydrogen (secondary N) is 1. The molecule has 0 radical (unpaired) electrons. The second-order valence-corrected chi connectivity index (χ2v) is 6.60. The zero-order chi connectivity index (χ0) is 16.7. The molecule has 1 amide bonds. The fraction of sp³-hybridized carbons (Fsp3) is 0.333. The van der Waals surface area contributed by atoms with Crippen LogP contribution in [-0.4, -0.2) is 10.5 Å². The molecule has 0 aliphatic heterocycles. The van der Waals surface area contributed by atoms with E-state index in [4.69, 9.17) is 11.6 Å². The fourth-order valence-electron chi connectivity index (χ4n) is 2.92. The number of pyridine rings is 1. The van der Waals surface area contributed by atoms with Gasteiger partial charge in [0.05, 0.1) is 0 Å². The number of nitrogens with zero attached hydrogens (tertiary/aromatic N) is 1.